The van der Waals surface area contributed by atoms with Crippen LogP contribution in [0.2, 0.25) is 0 Å². The summed E-state index contributed by atoms with van der Waals surface area (Å²) in [6.45, 7) is 0.106. The van der Waals surface area contributed by atoms with Crippen LogP contribution in [0.5, 0.6) is 0 Å². The molecule has 0 aromatic heterocycles. The summed E-state index contributed by atoms with van der Waals surface area (Å²) in [5.41, 5.74) is 0. The van der Waals surface area contributed by atoms with Gasteiger partial charge in [0.25, 0.3) is 0 Å². The molecule has 0 heterocycles. The van der Waals surface area contributed by atoms with Crippen LogP contribution in [0.25, 0.3) is 0 Å². The van der Waals surface area contributed by atoms with Crippen LogP contribution in [0.4, 0.5) is 0 Å². The van der Waals surface area contributed by atoms with E-state index in [2.05, 4.69) is 10.6 Å². The molecule has 62 valence electrons. The minimum atomic E-state index is -3.07. The van der Waals surface area contributed by atoms with E-state index < -0.39 is 10.0 Å². The van der Waals surface area contributed by atoms with E-state index in [0.717, 1.165) is 12.8 Å². The Balaban J connectivity index is 2.33. The standard InChI is InChI=1S/C7H11NO2S/c1-2-5-8-11(9,10)6-7-3-4-7/h1,7-8H,3-6H2. The van der Waals surface area contributed by atoms with Gasteiger partial charge in [0.05, 0.1) is 12.3 Å². The highest BCUT2D eigenvalue weighted by atomic mass is 32.2. The predicted molar refractivity (Wildman–Crippen MR) is 43.3 cm³/mol. The van der Waals surface area contributed by atoms with Gasteiger partial charge in [-0.3, -0.25) is 0 Å². The molecule has 1 fully saturated rings. The average Bonchev–Trinajstić information content (AvgIpc) is 2.67. The molecule has 4 heteroatoms. The van der Waals surface area contributed by atoms with Gasteiger partial charge >= 0.3 is 0 Å². The molecule has 0 saturated heterocycles. The lowest BCUT2D eigenvalue weighted by atomic mass is 10.5. The van der Waals surface area contributed by atoms with Crippen molar-refractivity contribution in [3.05, 3.63) is 0 Å². The minimum Gasteiger partial charge on any atom is -0.212 e. The van der Waals surface area contributed by atoms with Crippen molar-refractivity contribution in [1.29, 1.82) is 0 Å². The molecule has 3 nitrogen and oxygen atoms in total. The fourth-order valence-electron chi connectivity index (χ4n) is 0.805. The summed E-state index contributed by atoms with van der Waals surface area (Å²) in [6, 6.07) is 0. The smallest absolute Gasteiger partial charge is 0.212 e. The highest BCUT2D eigenvalue weighted by Gasteiger charge is 2.27. The first-order chi connectivity index (χ1) is 5.14. The van der Waals surface area contributed by atoms with E-state index in [-0.39, 0.29) is 12.3 Å². The second-order valence-corrected chi connectivity index (χ2v) is 4.60. The van der Waals surface area contributed by atoms with E-state index in [4.69, 9.17) is 6.42 Å². The molecule has 1 saturated carbocycles. The van der Waals surface area contributed by atoms with Crippen LogP contribution in [0.3, 0.4) is 0 Å². The monoisotopic (exact) mass is 173 g/mol. The molecule has 11 heavy (non-hydrogen) atoms. The fourth-order valence-corrected chi connectivity index (χ4v) is 2.18. The second-order valence-electron chi connectivity index (χ2n) is 2.75. The Bertz CT molecular complexity index is 259. The molecule has 0 aromatic carbocycles. The first-order valence-corrected chi connectivity index (χ1v) is 5.20. The van der Waals surface area contributed by atoms with Gasteiger partial charge < -0.3 is 0 Å². The van der Waals surface area contributed by atoms with E-state index in [1.807, 2.05) is 0 Å². The first kappa shape index (κ1) is 8.57. The van der Waals surface area contributed by atoms with Crippen molar-refractivity contribution in [2.45, 2.75) is 12.8 Å². The van der Waals surface area contributed by atoms with E-state index in [9.17, 15) is 8.42 Å². The largest absolute Gasteiger partial charge is 0.212 e. The highest BCUT2D eigenvalue weighted by Crippen LogP contribution is 2.29. The molecule has 0 aromatic rings. The molecule has 1 aliphatic rings. The summed E-state index contributed by atoms with van der Waals surface area (Å²) < 4.78 is 24.4. The van der Waals surface area contributed by atoms with Crippen molar-refractivity contribution in [2.75, 3.05) is 12.3 Å². The van der Waals surface area contributed by atoms with Crippen LogP contribution in [0.1, 0.15) is 12.8 Å². The van der Waals surface area contributed by atoms with Gasteiger partial charge in [-0.05, 0) is 18.8 Å². The van der Waals surface area contributed by atoms with Crippen LogP contribution in [-0.2, 0) is 10.0 Å². The third kappa shape index (κ3) is 3.40. The summed E-state index contributed by atoms with van der Waals surface area (Å²) in [4.78, 5) is 0. The number of hydrogen-bond acceptors (Lipinski definition) is 2. The third-order valence-electron chi connectivity index (χ3n) is 1.55. The number of terminal acetylenes is 1. The lowest BCUT2D eigenvalue weighted by molar-refractivity contribution is 0.582. The van der Waals surface area contributed by atoms with E-state index in [1.165, 1.54) is 0 Å². The van der Waals surface area contributed by atoms with Crippen molar-refractivity contribution >= 4 is 10.0 Å². The Kier molecular flexibility index (Phi) is 2.53. The Morgan fingerprint density at radius 3 is 2.64 bits per heavy atom. The topological polar surface area (TPSA) is 46.2 Å². The zero-order chi connectivity index (χ0) is 8.32. The quantitative estimate of drug-likeness (QED) is 0.606. The SMILES string of the molecule is C#CCNS(=O)(=O)CC1CC1. The summed E-state index contributed by atoms with van der Waals surface area (Å²) in [7, 11) is -3.07. The minimum absolute atomic E-state index is 0.106. The van der Waals surface area contributed by atoms with Crippen molar-refractivity contribution in [3.63, 3.8) is 0 Å². The van der Waals surface area contributed by atoms with Gasteiger partial charge in [0, 0.05) is 0 Å². The zero-order valence-corrected chi connectivity index (χ0v) is 7.02. The highest BCUT2D eigenvalue weighted by molar-refractivity contribution is 7.89. The molecular formula is C7H11NO2S. The number of nitrogens with one attached hydrogen (secondary N) is 1. The van der Waals surface area contributed by atoms with Crippen LogP contribution in [0.15, 0.2) is 0 Å². The lowest BCUT2D eigenvalue weighted by Gasteiger charge is -2.00. The Morgan fingerprint density at radius 1 is 1.55 bits per heavy atom. The zero-order valence-electron chi connectivity index (χ0n) is 6.21. The maximum absolute atomic E-state index is 11.0. The summed E-state index contributed by atoms with van der Waals surface area (Å²) >= 11 is 0. The van der Waals surface area contributed by atoms with Gasteiger partial charge in [0.15, 0.2) is 0 Å². The normalized spacial score (nSPS) is 17.7. The van der Waals surface area contributed by atoms with Gasteiger partial charge in [0.1, 0.15) is 0 Å². The lowest BCUT2D eigenvalue weighted by Crippen LogP contribution is -2.27. The van der Waals surface area contributed by atoms with Crippen LogP contribution in [0, 0.1) is 18.3 Å². The molecule has 1 rings (SSSR count). The number of sulfonamides is 1. The Labute approximate surface area is 67.2 Å². The molecular weight excluding hydrogens is 162 g/mol. The maximum atomic E-state index is 11.0. The summed E-state index contributed by atoms with van der Waals surface area (Å²) in [6.07, 6.45) is 6.98. The van der Waals surface area contributed by atoms with Gasteiger partial charge in [-0.15, -0.1) is 6.42 Å². The van der Waals surface area contributed by atoms with Crippen molar-refractivity contribution in [3.8, 4) is 12.3 Å². The average molecular weight is 173 g/mol. The van der Waals surface area contributed by atoms with Crippen LogP contribution >= 0.6 is 0 Å². The number of rotatable bonds is 4. The first-order valence-electron chi connectivity index (χ1n) is 3.55. The Morgan fingerprint density at radius 2 is 2.18 bits per heavy atom. The van der Waals surface area contributed by atoms with E-state index in [0.29, 0.717) is 5.92 Å². The predicted octanol–water partition coefficient (Wildman–Crippen LogP) is -0.0510. The molecule has 1 aliphatic carbocycles. The second kappa shape index (κ2) is 3.24. The molecule has 0 unspecified atom stereocenters. The third-order valence-corrected chi connectivity index (χ3v) is 3.04. The van der Waals surface area contributed by atoms with Gasteiger partial charge in [-0.1, -0.05) is 5.92 Å². The van der Waals surface area contributed by atoms with Crippen molar-refractivity contribution < 1.29 is 8.42 Å². The summed E-state index contributed by atoms with van der Waals surface area (Å²) in [5.74, 6) is 2.85. The molecule has 0 spiro atoms. The molecule has 1 N–H and O–H groups in total. The molecule has 0 amide bonds. The molecule has 0 aliphatic heterocycles. The van der Waals surface area contributed by atoms with E-state index >= 15 is 0 Å². The van der Waals surface area contributed by atoms with Crippen molar-refractivity contribution in [1.82, 2.24) is 4.72 Å². The van der Waals surface area contributed by atoms with Gasteiger partial charge in [-0.2, -0.15) is 0 Å². The maximum Gasteiger partial charge on any atom is 0.212 e. The fraction of sp³-hybridized carbons (Fsp3) is 0.714. The number of hydrogen-bond donors (Lipinski definition) is 1. The summed E-state index contributed by atoms with van der Waals surface area (Å²) in [5, 5.41) is 0. The van der Waals surface area contributed by atoms with Crippen LogP contribution in [-0.4, -0.2) is 20.7 Å². The Hall–Kier alpha value is -0.530. The molecule has 0 atom stereocenters. The van der Waals surface area contributed by atoms with Crippen molar-refractivity contribution in [2.24, 2.45) is 5.92 Å². The van der Waals surface area contributed by atoms with Gasteiger partial charge in [0.2, 0.25) is 10.0 Å². The van der Waals surface area contributed by atoms with Crippen LogP contribution < -0.4 is 4.72 Å². The van der Waals surface area contributed by atoms with E-state index in [1.54, 1.807) is 0 Å². The molecule has 0 radical (unpaired) electrons. The van der Waals surface area contributed by atoms with Gasteiger partial charge in [-0.25, -0.2) is 13.1 Å². The molecule has 0 bridgehead atoms.